The van der Waals surface area contributed by atoms with Gasteiger partial charge in [-0.25, -0.2) is 4.79 Å². The Morgan fingerprint density at radius 3 is 2.75 bits per heavy atom. The third-order valence-electron chi connectivity index (χ3n) is 4.15. The van der Waals surface area contributed by atoms with Crippen molar-refractivity contribution in [1.29, 1.82) is 0 Å². The molecular weight excluding hydrogens is 349 g/mol. The zero-order valence-electron chi connectivity index (χ0n) is 12.9. The predicted octanol–water partition coefficient (Wildman–Crippen LogP) is 4.20. The second-order valence-corrected chi connectivity index (χ2v) is 6.36. The van der Waals surface area contributed by atoms with Gasteiger partial charge in [0.15, 0.2) is 0 Å². The van der Waals surface area contributed by atoms with Crippen LogP contribution >= 0.6 is 23.2 Å². The largest absolute Gasteiger partial charge is 0.465 e. The number of nitrogens with one attached hydrogen (secondary N) is 1. The van der Waals surface area contributed by atoms with Crippen LogP contribution in [0.3, 0.4) is 0 Å². The van der Waals surface area contributed by atoms with E-state index in [4.69, 9.17) is 27.9 Å². The smallest absolute Gasteiger partial charge is 0.337 e. The van der Waals surface area contributed by atoms with Gasteiger partial charge in [0.25, 0.3) is 5.91 Å². The Kier molecular flexibility index (Phi) is 4.78. The average molecular weight is 364 g/mol. The van der Waals surface area contributed by atoms with Gasteiger partial charge in [0.2, 0.25) is 0 Å². The molecule has 2 aromatic carbocycles. The number of hydrogen-bond acceptors (Lipinski definition) is 3. The molecule has 24 heavy (non-hydrogen) atoms. The fourth-order valence-corrected chi connectivity index (χ4v) is 3.30. The van der Waals surface area contributed by atoms with Gasteiger partial charge in [-0.2, -0.15) is 0 Å². The number of esters is 1. The molecule has 0 radical (unpaired) electrons. The standard InChI is InChI=1S/C18H15Cl2NO3/c1-24-18(23)11-6-5-10-7-8-15(13(10)9-11)21-17(22)12-3-2-4-14(19)16(12)20/h2-6,9,15H,7-8H2,1H3,(H,21,22). The fraction of sp³-hybridized carbons (Fsp3) is 0.222. The van der Waals surface area contributed by atoms with Crippen molar-refractivity contribution in [3.8, 4) is 0 Å². The quantitative estimate of drug-likeness (QED) is 0.831. The molecule has 3 rings (SSSR count). The highest BCUT2D eigenvalue weighted by Crippen LogP contribution is 2.33. The van der Waals surface area contributed by atoms with Gasteiger partial charge in [0.05, 0.1) is 34.3 Å². The van der Waals surface area contributed by atoms with E-state index in [1.165, 1.54) is 7.11 Å². The van der Waals surface area contributed by atoms with Crippen molar-refractivity contribution in [1.82, 2.24) is 5.32 Å². The molecule has 0 saturated heterocycles. The van der Waals surface area contributed by atoms with Crippen molar-refractivity contribution < 1.29 is 14.3 Å². The van der Waals surface area contributed by atoms with Crippen LogP contribution in [0, 0.1) is 0 Å². The summed E-state index contributed by atoms with van der Waals surface area (Å²) in [7, 11) is 1.34. The highest BCUT2D eigenvalue weighted by Gasteiger charge is 2.26. The van der Waals surface area contributed by atoms with E-state index in [2.05, 4.69) is 5.32 Å². The van der Waals surface area contributed by atoms with Crippen LogP contribution in [0.25, 0.3) is 0 Å². The van der Waals surface area contributed by atoms with Gasteiger partial charge in [-0.3, -0.25) is 4.79 Å². The summed E-state index contributed by atoms with van der Waals surface area (Å²) in [6.07, 6.45) is 1.61. The zero-order valence-corrected chi connectivity index (χ0v) is 14.4. The lowest BCUT2D eigenvalue weighted by molar-refractivity contribution is 0.0600. The minimum atomic E-state index is -0.396. The molecule has 2 aromatic rings. The van der Waals surface area contributed by atoms with Gasteiger partial charge in [-0.15, -0.1) is 0 Å². The van der Waals surface area contributed by atoms with Crippen LogP contribution in [0.5, 0.6) is 0 Å². The summed E-state index contributed by atoms with van der Waals surface area (Å²) in [6, 6.07) is 10.2. The first-order chi connectivity index (χ1) is 11.5. The van der Waals surface area contributed by atoms with Crippen LogP contribution in [0.2, 0.25) is 10.0 Å². The monoisotopic (exact) mass is 363 g/mol. The van der Waals surface area contributed by atoms with Gasteiger partial charge in [-0.05, 0) is 48.2 Å². The van der Waals surface area contributed by atoms with Gasteiger partial charge in [0.1, 0.15) is 0 Å². The van der Waals surface area contributed by atoms with Gasteiger partial charge in [0, 0.05) is 0 Å². The first-order valence-electron chi connectivity index (χ1n) is 7.47. The lowest BCUT2D eigenvalue weighted by Crippen LogP contribution is -2.27. The van der Waals surface area contributed by atoms with Crippen molar-refractivity contribution in [2.75, 3.05) is 7.11 Å². The summed E-state index contributed by atoms with van der Waals surface area (Å²) in [4.78, 5) is 24.2. The Bertz CT molecular complexity index is 820. The number of methoxy groups -OCH3 is 1. The van der Waals surface area contributed by atoms with Gasteiger partial charge < -0.3 is 10.1 Å². The molecule has 0 saturated carbocycles. The molecule has 1 unspecified atom stereocenters. The van der Waals surface area contributed by atoms with E-state index in [9.17, 15) is 9.59 Å². The number of ether oxygens (including phenoxy) is 1. The van der Waals surface area contributed by atoms with Crippen LogP contribution < -0.4 is 5.32 Å². The second kappa shape index (κ2) is 6.83. The van der Waals surface area contributed by atoms with E-state index in [-0.39, 0.29) is 17.0 Å². The molecule has 1 atom stereocenters. The number of amides is 1. The molecule has 0 spiro atoms. The first kappa shape index (κ1) is 16.8. The molecular formula is C18H15Cl2NO3. The van der Waals surface area contributed by atoms with Crippen LogP contribution in [0.15, 0.2) is 36.4 Å². The summed E-state index contributed by atoms with van der Waals surface area (Å²) in [5.41, 5.74) is 2.86. The number of fused-ring (bicyclic) bond motifs is 1. The molecule has 0 aromatic heterocycles. The maximum Gasteiger partial charge on any atom is 0.337 e. The van der Waals surface area contributed by atoms with Crippen molar-refractivity contribution in [2.24, 2.45) is 0 Å². The van der Waals surface area contributed by atoms with Crippen molar-refractivity contribution >= 4 is 35.1 Å². The van der Waals surface area contributed by atoms with Gasteiger partial charge in [-0.1, -0.05) is 35.3 Å². The van der Waals surface area contributed by atoms with E-state index < -0.39 is 5.97 Å². The number of halogens is 2. The van der Waals surface area contributed by atoms with Crippen molar-refractivity contribution in [3.05, 3.63) is 68.7 Å². The van der Waals surface area contributed by atoms with E-state index >= 15 is 0 Å². The Morgan fingerprint density at radius 1 is 1.21 bits per heavy atom. The Morgan fingerprint density at radius 2 is 2.00 bits per heavy atom. The third-order valence-corrected chi connectivity index (χ3v) is 4.97. The molecule has 0 fully saturated rings. The SMILES string of the molecule is COC(=O)c1ccc2c(c1)C(NC(=O)c1cccc(Cl)c1Cl)CC2. The van der Waals surface area contributed by atoms with E-state index in [0.717, 1.165) is 24.0 Å². The predicted molar refractivity (Wildman–Crippen MR) is 92.8 cm³/mol. The minimum absolute atomic E-state index is 0.174. The molecule has 4 nitrogen and oxygen atoms in total. The van der Waals surface area contributed by atoms with E-state index in [1.54, 1.807) is 30.3 Å². The third kappa shape index (κ3) is 3.12. The van der Waals surface area contributed by atoms with Crippen molar-refractivity contribution in [2.45, 2.75) is 18.9 Å². The number of rotatable bonds is 3. The number of aryl methyl sites for hydroxylation is 1. The number of hydrogen-bond donors (Lipinski definition) is 1. The van der Waals surface area contributed by atoms with Crippen LogP contribution in [-0.4, -0.2) is 19.0 Å². The van der Waals surface area contributed by atoms with Crippen molar-refractivity contribution in [3.63, 3.8) is 0 Å². The van der Waals surface area contributed by atoms with Crippen LogP contribution in [0.1, 0.15) is 44.3 Å². The highest BCUT2D eigenvalue weighted by molar-refractivity contribution is 6.43. The maximum atomic E-state index is 12.5. The molecule has 0 aliphatic heterocycles. The fourth-order valence-electron chi connectivity index (χ4n) is 2.91. The topological polar surface area (TPSA) is 55.4 Å². The minimum Gasteiger partial charge on any atom is -0.465 e. The molecule has 124 valence electrons. The van der Waals surface area contributed by atoms with E-state index in [1.807, 2.05) is 6.07 Å². The Hall–Kier alpha value is -2.04. The first-order valence-corrected chi connectivity index (χ1v) is 8.23. The summed E-state index contributed by atoms with van der Waals surface area (Å²) in [5, 5.41) is 3.54. The summed E-state index contributed by atoms with van der Waals surface area (Å²) in [5.74, 6) is -0.684. The van der Waals surface area contributed by atoms with E-state index in [0.29, 0.717) is 16.1 Å². The number of carbonyl (C=O) groups is 2. The zero-order chi connectivity index (χ0) is 17.3. The second-order valence-electron chi connectivity index (χ2n) is 5.57. The lowest BCUT2D eigenvalue weighted by Gasteiger charge is -2.15. The molecule has 6 heteroatoms. The maximum absolute atomic E-state index is 12.5. The molecule has 1 aliphatic rings. The normalized spacial score (nSPS) is 15.7. The summed E-state index contributed by atoms with van der Waals surface area (Å²) >= 11 is 12.1. The summed E-state index contributed by atoms with van der Waals surface area (Å²) in [6.45, 7) is 0. The van der Waals surface area contributed by atoms with Crippen LogP contribution in [0.4, 0.5) is 0 Å². The number of benzene rings is 2. The summed E-state index contributed by atoms with van der Waals surface area (Å²) < 4.78 is 4.75. The average Bonchev–Trinajstić information content (AvgIpc) is 2.98. The Balaban J connectivity index is 1.85. The molecule has 1 amide bonds. The van der Waals surface area contributed by atoms with Gasteiger partial charge >= 0.3 is 5.97 Å². The molecule has 1 N–H and O–H groups in total. The number of carbonyl (C=O) groups excluding carboxylic acids is 2. The highest BCUT2D eigenvalue weighted by atomic mass is 35.5. The van der Waals surface area contributed by atoms with Crippen LogP contribution in [-0.2, 0) is 11.2 Å². The molecule has 0 heterocycles. The molecule has 0 bridgehead atoms. The molecule has 1 aliphatic carbocycles. The lowest BCUT2D eigenvalue weighted by atomic mass is 10.0. The Labute approximate surface area is 149 Å².